The largest absolute Gasteiger partial charge is 0.345 e. The van der Waals surface area contributed by atoms with Gasteiger partial charge in [-0.05, 0) is 49.4 Å². The third-order valence-electron chi connectivity index (χ3n) is 4.35. The Kier molecular flexibility index (Phi) is 5.03. The van der Waals surface area contributed by atoms with Gasteiger partial charge in [0.25, 0.3) is 0 Å². The van der Waals surface area contributed by atoms with Gasteiger partial charge < -0.3 is 10.6 Å². The maximum atomic E-state index is 13.2. The number of halogens is 2. The molecule has 25 heavy (non-hydrogen) atoms. The number of rotatable bonds is 3. The van der Waals surface area contributed by atoms with Crippen LogP contribution in [-0.2, 0) is 22.4 Å². The van der Waals surface area contributed by atoms with E-state index in [-0.39, 0.29) is 11.1 Å². The van der Waals surface area contributed by atoms with Crippen molar-refractivity contribution in [2.45, 2.75) is 38.3 Å². The second-order valence-electron chi connectivity index (χ2n) is 6.16. The van der Waals surface area contributed by atoms with Gasteiger partial charge in [0.1, 0.15) is 5.82 Å². The lowest BCUT2D eigenvalue weighted by Gasteiger charge is -2.23. The predicted octanol–water partition coefficient (Wildman–Crippen LogP) is 2.05. The van der Waals surface area contributed by atoms with Crippen molar-refractivity contribution in [2.24, 2.45) is 0 Å². The summed E-state index contributed by atoms with van der Waals surface area (Å²) in [6.45, 7) is 1.70. The summed E-state index contributed by atoms with van der Waals surface area (Å²) in [6.07, 6.45) is 3.92. The fourth-order valence-electron chi connectivity index (χ4n) is 2.92. The molecule has 1 aliphatic carbocycles. The zero-order valence-electron chi connectivity index (χ0n) is 13.6. The van der Waals surface area contributed by atoms with E-state index in [4.69, 9.17) is 11.6 Å². The van der Waals surface area contributed by atoms with Crippen LogP contribution in [0.15, 0.2) is 24.4 Å². The first-order valence-corrected chi connectivity index (χ1v) is 8.39. The molecule has 132 valence electrons. The summed E-state index contributed by atoms with van der Waals surface area (Å²) in [7, 11) is 0. The summed E-state index contributed by atoms with van der Waals surface area (Å²) in [5, 5.41) is 12.2. The first-order chi connectivity index (χ1) is 11.9. The maximum Gasteiger partial charge on any atom is 0.309 e. The van der Waals surface area contributed by atoms with Gasteiger partial charge in [-0.1, -0.05) is 17.7 Å². The summed E-state index contributed by atoms with van der Waals surface area (Å²) < 4.78 is 13.2. The van der Waals surface area contributed by atoms with Crippen LogP contribution < -0.4 is 10.6 Å². The fraction of sp³-hybridized carbons (Fsp3) is 0.353. The number of hydrogen-bond acceptors (Lipinski definition) is 3. The molecule has 8 heteroatoms. The molecule has 0 aliphatic heterocycles. The maximum absolute atomic E-state index is 13.2. The number of benzene rings is 1. The van der Waals surface area contributed by atoms with Gasteiger partial charge in [0, 0.05) is 11.7 Å². The lowest BCUT2D eigenvalue weighted by atomic mass is 9.93. The van der Waals surface area contributed by atoms with Gasteiger partial charge in [0.05, 0.1) is 17.3 Å². The molecule has 3 rings (SSSR count). The minimum Gasteiger partial charge on any atom is -0.345 e. The lowest BCUT2D eigenvalue weighted by molar-refractivity contribution is -0.140. The minimum absolute atomic E-state index is 0.0267. The Morgan fingerprint density at radius 2 is 2.20 bits per heavy atom. The number of carbonyl (C=O) groups is 2. The highest BCUT2D eigenvalue weighted by Gasteiger charge is 2.25. The third-order valence-corrected chi connectivity index (χ3v) is 4.64. The molecule has 0 fully saturated rings. The number of hydrogen-bond donors (Lipinski definition) is 3. The number of fused-ring (bicyclic) bond motifs is 1. The van der Waals surface area contributed by atoms with Gasteiger partial charge in [-0.2, -0.15) is 5.10 Å². The standard InChI is InChI=1S/C17H18ClFN4O2/c1-9(10-2-4-14(19)13(18)7-10)21-16(24)17(25)22-12-3-5-15-11(6-12)8-20-23-15/h2,4,7-9,12H,3,5-6H2,1H3,(H,20,23)(H,21,24)(H,22,25). The number of aromatic nitrogens is 2. The highest BCUT2D eigenvalue weighted by molar-refractivity contribution is 6.35. The van der Waals surface area contributed by atoms with Crippen LogP contribution >= 0.6 is 11.6 Å². The Bertz CT molecular complexity index is 808. The molecular weight excluding hydrogens is 347 g/mol. The average molecular weight is 365 g/mol. The fourth-order valence-corrected chi connectivity index (χ4v) is 3.11. The van der Waals surface area contributed by atoms with E-state index in [1.165, 1.54) is 18.2 Å². The first kappa shape index (κ1) is 17.4. The van der Waals surface area contributed by atoms with Gasteiger partial charge >= 0.3 is 11.8 Å². The second-order valence-corrected chi connectivity index (χ2v) is 6.56. The van der Waals surface area contributed by atoms with Crippen molar-refractivity contribution in [3.8, 4) is 0 Å². The second kappa shape index (κ2) is 7.23. The van der Waals surface area contributed by atoms with Crippen LogP contribution in [0.4, 0.5) is 4.39 Å². The summed E-state index contributed by atoms with van der Waals surface area (Å²) in [5.74, 6) is -1.94. The normalized spacial score (nSPS) is 17.5. The minimum atomic E-state index is -0.731. The van der Waals surface area contributed by atoms with Gasteiger partial charge in [-0.3, -0.25) is 14.7 Å². The van der Waals surface area contributed by atoms with Crippen LogP contribution in [0.5, 0.6) is 0 Å². The molecule has 0 saturated heterocycles. The summed E-state index contributed by atoms with van der Waals surface area (Å²) in [5.41, 5.74) is 2.76. The summed E-state index contributed by atoms with van der Waals surface area (Å²) in [6, 6.07) is 3.61. The van der Waals surface area contributed by atoms with Crippen LogP contribution in [0, 0.1) is 5.82 Å². The van der Waals surface area contributed by atoms with Crippen LogP contribution in [0.25, 0.3) is 0 Å². The van der Waals surface area contributed by atoms with Crippen LogP contribution in [-0.4, -0.2) is 28.1 Å². The molecule has 0 spiro atoms. The van der Waals surface area contributed by atoms with E-state index in [0.717, 1.165) is 24.1 Å². The van der Waals surface area contributed by atoms with Gasteiger partial charge in [-0.25, -0.2) is 4.39 Å². The molecule has 1 aromatic carbocycles. The predicted molar refractivity (Wildman–Crippen MR) is 90.5 cm³/mol. The van der Waals surface area contributed by atoms with Gasteiger partial charge in [-0.15, -0.1) is 0 Å². The number of aromatic amines is 1. The highest BCUT2D eigenvalue weighted by Crippen LogP contribution is 2.21. The molecule has 2 aromatic rings. The van der Waals surface area contributed by atoms with Crippen molar-refractivity contribution >= 4 is 23.4 Å². The van der Waals surface area contributed by atoms with E-state index >= 15 is 0 Å². The third kappa shape index (κ3) is 3.99. The Morgan fingerprint density at radius 1 is 1.40 bits per heavy atom. The van der Waals surface area contributed by atoms with Crippen molar-refractivity contribution in [1.82, 2.24) is 20.8 Å². The Balaban J connectivity index is 1.55. The van der Waals surface area contributed by atoms with Crippen LogP contribution in [0.2, 0.25) is 5.02 Å². The lowest BCUT2D eigenvalue weighted by Crippen LogP contribution is -2.46. The Morgan fingerprint density at radius 3 is 2.96 bits per heavy atom. The molecule has 0 radical (unpaired) electrons. The van der Waals surface area contributed by atoms with Gasteiger partial charge in [0.15, 0.2) is 0 Å². The molecule has 0 bridgehead atoms. The summed E-state index contributed by atoms with van der Waals surface area (Å²) in [4.78, 5) is 24.2. The smallest absolute Gasteiger partial charge is 0.309 e. The van der Waals surface area contributed by atoms with E-state index < -0.39 is 23.7 Å². The zero-order valence-corrected chi connectivity index (χ0v) is 14.4. The Labute approximate surface area is 149 Å². The van der Waals surface area contributed by atoms with Gasteiger partial charge in [0.2, 0.25) is 0 Å². The van der Waals surface area contributed by atoms with E-state index in [0.29, 0.717) is 12.0 Å². The number of aryl methyl sites for hydroxylation is 1. The number of nitrogens with zero attached hydrogens (tertiary/aromatic N) is 1. The first-order valence-electron chi connectivity index (χ1n) is 8.01. The molecule has 1 aliphatic rings. The van der Waals surface area contributed by atoms with Crippen molar-refractivity contribution in [2.75, 3.05) is 0 Å². The van der Waals surface area contributed by atoms with Crippen molar-refractivity contribution in [1.29, 1.82) is 0 Å². The molecule has 2 unspecified atom stereocenters. The van der Waals surface area contributed by atoms with E-state index in [9.17, 15) is 14.0 Å². The van der Waals surface area contributed by atoms with E-state index in [2.05, 4.69) is 20.8 Å². The van der Waals surface area contributed by atoms with Crippen LogP contribution in [0.1, 0.15) is 36.2 Å². The molecule has 2 amide bonds. The zero-order chi connectivity index (χ0) is 18.0. The number of nitrogens with one attached hydrogen (secondary N) is 3. The number of H-pyrrole nitrogens is 1. The quantitative estimate of drug-likeness (QED) is 0.728. The van der Waals surface area contributed by atoms with Crippen LogP contribution in [0.3, 0.4) is 0 Å². The monoisotopic (exact) mass is 364 g/mol. The van der Waals surface area contributed by atoms with Crippen molar-refractivity contribution in [3.05, 3.63) is 52.1 Å². The molecule has 1 heterocycles. The van der Waals surface area contributed by atoms with E-state index in [1.807, 2.05) is 0 Å². The molecule has 0 saturated carbocycles. The Hall–Kier alpha value is -2.41. The molecule has 2 atom stereocenters. The topological polar surface area (TPSA) is 86.9 Å². The molecular formula is C17H18ClFN4O2. The summed E-state index contributed by atoms with van der Waals surface area (Å²) >= 11 is 5.74. The van der Waals surface area contributed by atoms with Crippen molar-refractivity contribution in [3.63, 3.8) is 0 Å². The number of carbonyl (C=O) groups excluding carboxylic acids is 2. The molecule has 3 N–H and O–H groups in total. The highest BCUT2D eigenvalue weighted by atomic mass is 35.5. The average Bonchev–Trinajstić information content (AvgIpc) is 3.04. The number of amides is 2. The van der Waals surface area contributed by atoms with Crippen molar-refractivity contribution < 1.29 is 14.0 Å². The molecule has 1 aromatic heterocycles. The van der Waals surface area contributed by atoms with E-state index in [1.54, 1.807) is 13.1 Å². The molecule has 6 nitrogen and oxygen atoms in total. The SMILES string of the molecule is CC(NC(=O)C(=O)NC1CCc2[nH]ncc2C1)c1ccc(F)c(Cl)c1.